The minimum absolute atomic E-state index is 0.0248. The molecule has 8 heteroatoms. The molecule has 28 heavy (non-hydrogen) atoms. The standard InChI is InChI=1S/C20H23BrN2O4S/c1-27-19-8-6-18(7-9-19)22-20(24)16-10-12-23(13-11-16)28(25,26)14-15-2-4-17(21)5-3-15/h2-9,16H,10-14H2,1H3,(H,22,24). The van der Waals surface area contributed by atoms with Gasteiger partial charge in [0.2, 0.25) is 15.9 Å². The van der Waals surface area contributed by atoms with E-state index in [1.165, 1.54) is 4.31 Å². The van der Waals surface area contributed by atoms with E-state index in [4.69, 9.17) is 4.74 Å². The van der Waals surface area contributed by atoms with Gasteiger partial charge in [0, 0.05) is 29.2 Å². The zero-order chi connectivity index (χ0) is 20.1. The Labute approximate surface area is 174 Å². The fourth-order valence-corrected chi connectivity index (χ4v) is 5.03. The van der Waals surface area contributed by atoms with E-state index in [1.54, 1.807) is 43.5 Å². The lowest BCUT2D eigenvalue weighted by Crippen LogP contribution is -2.41. The fraction of sp³-hybridized carbons (Fsp3) is 0.350. The number of carbonyl (C=O) groups is 1. The van der Waals surface area contributed by atoms with Crippen LogP contribution in [0.3, 0.4) is 0 Å². The zero-order valence-corrected chi connectivity index (χ0v) is 18.0. The van der Waals surface area contributed by atoms with E-state index >= 15 is 0 Å². The van der Waals surface area contributed by atoms with E-state index in [-0.39, 0.29) is 17.6 Å². The molecule has 0 bridgehead atoms. The van der Waals surface area contributed by atoms with Gasteiger partial charge >= 0.3 is 0 Å². The fourth-order valence-electron chi connectivity index (χ4n) is 3.20. The van der Waals surface area contributed by atoms with Crippen molar-refractivity contribution in [1.29, 1.82) is 0 Å². The largest absolute Gasteiger partial charge is 0.497 e. The van der Waals surface area contributed by atoms with Gasteiger partial charge in [-0.15, -0.1) is 0 Å². The van der Waals surface area contributed by atoms with Gasteiger partial charge < -0.3 is 10.1 Å². The predicted molar refractivity (Wildman–Crippen MR) is 113 cm³/mol. The van der Waals surface area contributed by atoms with Gasteiger partial charge in [-0.1, -0.05) is 28.1 Å². The Morgan fingerprint density at radius 2 is 1.71 bits per heavy atom. The summed E-state index contributed by atoms with van der Waals surface area (Å²) in [5.41, 5.74) is 1.46. The lowest BCUT2D eigenvalue weighted by atomic mass is 9.97. The van der Waals surface area contributed by atoms with Crippen LogP contribution in [-0.4, -0.2) is 38.8 Å². The number of ether oxygens (including phenoxy) is 1. The molecule has 2 aromatic rings. The highest BCUT2D eigenvalue weighted by molar-refractivity contribution is 9.10. The lowest BCUT2D eigenvalue weighted by molar-refractivity contribution is -0.120. The molecule has 1 aliphatic rings. The topological polar surface area (TPSA) is 75.7 Å². The number of anilines is 1. The van der Waals surface area contributed by atoms with Crippen LogP contribution in [-0.2, 0) is 20.6 Å². The smallest absolute Gasteiger partial charge is 0.227 e. The van der Waals surface area contributed by atoms with E-state index in [9.17, 15) is 13.2 Å². The first kappa shape index (κ1) is 20.8. The highest BCUT2D eigenvalue weighted by Crippen LogP contribution is 2.24. The third-order valence-corrected chi connectivity index (χ3v) is 7.22. The third-order valence-electron chi connectivity index (χ3n) is 4.84. The number of nitrogens with zero attached hydrogens (tertiary/aromatic N) is 1. The molecule has 150 valence electrons. The number of methoxy groups -OCH3 is 1. The molecule has 0 saturated carbocycles. The molecule has 2 aromatic carbocycles. The molecule has 1 N–H and O–H groups in total. The number of sulfonamides is 1. The number of hydrogen-bond acceptors (Lipinski definition) is 4. The van der Waals surface area contributed by atoms with E-state index in [0.29, 0.717) is 31.6 Å². The Balaban J connectivity index is 1.54. The summed E-state index contributed by atoms with van der Waals surface area (Å²) in [4.78, 5) is 12.5. The maximum atomic E-state index is 12.7. The van der Waals surface area contributed by atoms with Crippen molar-refractivity contribution < 1.29 is 17.9 Å². The molecule has 1 amide bonds. The van der Waals surface area contributed by atoms with Gasteiger partial charge in [-0.05, 0) is 54.8 Å². The van der Waals surface area contributed by atoms with Crippen LogP contribution in [0.1, 0.15) is 18.4 Å². The average molecular weight is 467 g/mol. The summed E-state index contributed by atoms with van der Waals surface area (Å²) in [6, 6.07) is 14.4. The molecule has 0 spiro atoms. The number of nitrogens with one attached hydrogen (secondary N) is 1. The summed E-state index contributed by atoms with van der Waals surface area (Å²) in [6.45, 7) is 0.721. The molecule has 0 aromatic heterocycles. The van der Waals surface area contributed by atoms with Gasteiger partial charge in [-0.25, -0.2) is 12.7 Å². The van der Waals surface area contributed by atoms with Crippen molar-refractivity contribution in [3.63, 3.8) is 0 Å². The van der Waals surface area contributed by atoms with Crippen LogP contribution in [0.5, 0.6) is 5.75 Å². The Morgan fingerprint density at radius 1 is 1.11 bits per heavy atom. The maximum Gasteiger partial charge on any atom is 0.227 e. The first-order valence-electron chi connectivity index (χ1n) is 9.04. The van der Waals surface area contributed by atoms with Crippen LogP contribution in [0, 0.1) is 5.92 Å². The summed E-state index contributed by atoms with van der Waals surface area (Å²) in [7, 11) is -1.80. The molecular weight excluding hydrogens is 444 g/mol. The van der Waals surface area contributed by atoms with Gasteiger partial charge in [0.15, 0.2) is 0 Å². The van der Waals surface area contributed by atoms with Crippen LogP contribution in [0.2, 0.25) is 0 Å². The first-order chi connectivity index (χ1) is 13.4. The number of piperidine rings is 1. The first-order valence-corrected chi connectivity index (χ1v) is 11.4. The normalized spacial score (nSPS) is 15.9. The highest BCUT2D eigenvalue weighted by atomic mass is 79.9. The summed E-state index contributed by atoms with van der Waals surface area (Å²) in [6.07, 6.45) is 1.03. The summed E-state index contributed by atoms with van der Waals surface area (Å²) < 4.78 is 32.9. The minimum Gasteiger partial charge on any atom is -0.497 e. The minimum atomic E-state index is -3.39. The average Bonchev–Trinajstić information content (AvgIpc) is 2.70. The van der Waals surface area contributed by atoms with Gasteiger partial charge in [0.1, 0.15) is 5.75 Å². The van der Waals surface area contributed by atoms with Crippen molar-refractivity contribution in [2.75, 3.05) is 25.5 Å². The number of amides is 1. The Morgan fingerprint density at radius 3 is 2.29 bits per heavy atom. The molecule has 0 radical (unpaired) electrons. The maximum absolute atomic E-state index is 12.7. The molecule has 1 aliphatic heterocycles. The van der Waals surface area contributed by atoms with Crippen molar-refractivity contribution in [2.45, 2.75) is 18.6 Å². The lowest BCUT2D eigenvalue weighted by Gasteiger charge is -2.30. The second kappa shape index (κ2) is 9.07. The number of carbonyl (C=O) groups excluding carboxylic acids is 1. The third kappa shape index (κ3) is 5.33. The summed E-state index contributed by atoms with van der Waals surface area (Å²) >= 11 is 3.35. The number of hydrogen-bond donors (Lipinski definition) is 1. The van der Waals surface area contributed by atoms with Crippen molar-refractivity contribution >= 4 is 37.5 Å². The van der Waals surface area contributed by atoms with Crippen LogP contribution in [0.25, 0.3) is 0 Å². The molecule has 3 rings (SSSR count). The van der Waals surface area contributed by atoms with Gasteiger partial charge in [0.05, 0.1) is 12.9 Å². The van der Waals surface area contributed by atoms with Gasteiger partial charge in [0.25, 0.3) is 0 Å². The van der Waals surface area contributed by atoms with Crippen molar-refractivity contribution in [3.05, 3.63) is 58.6 Å². The van der Waals surface area contributed by atoms with E-state index < -0.39 is 10.0 Å². The quantitative estimate of drug-likeness (QED) is 0.704. The molecule has 0 atom stereocenters. The molecule has 1 heterocycles. The molecule has 1 fully saturated rings. The van der Waals surface area contributed by atoms with E-state index in [1.807, 2.05) is 12.1 Å². The Kier molecular flexibility index (Phi) is 6.74. The summed E-state index contributed by atoms with van der Waals surface area (Å²) in [5, 5.41) is 2.89. The monoisotopic (exact) mass is 466 g/mol. The van der Waals surface area contributed by atoms with Crippen molar-refractivity contribution in [1.82, 2.24) is 4.31 Å². The second-order valence-electron chi connectivity index (χ2n) is 6.77. The highest BCUT2D eigenvalue weighted by Gasteiger charge is 2.31. The van der Waals surface area contributed by atoms with E-state index in [2.05, 4.69) is 21.2 Å². The van der Waals surface area contributed by atoms with Gasteiger partial charge in [-0.3, -0.25) is 4.79 Å². The van der Waals surface area contributed by atoms with E-state index in [0.717, 1.165) is 15.8 Å². The second-order valence-corrected chi connectivity index (χ2v) is 9.66. The number of rotatable bonds is 6. The SMILES string of the molecule is COc1ccc(NC(=O)C2CCN(S(=O)(=O)Cc3ccc(Br)cc3)CC2)cc1. The van der Waals surface area contributed by atoms with Crippen molar-refractivity contribution in [2.24, 2.45) is 5.92 Å². The zero-order valence-electron chi connectivity index (χ0n) is 15.6. The van der Waals surface area contributed by atoms with Gasteiger partial charge in [-0.2, -0.15) is 0 Å². The molecule has 6 nitrogen and oxygen atoms in total. The predicted octanol–water partition coefficient (Wildman–Crippen LogP) is 3.64. The molecule has 1 saturated heterocycles. The van der Waals surface area contributed by atoms with Crippen LogP contribution < -0.4 is 10.1 Å². The number of benzene rings is 2. The summed E-state index contributed by atoms with van der Waals surface area (Å²) in [5.74, 6) is 0.432. The van der Waals surface area contributed by atoms with Crippen LogP contribution in [0.15, 0.2) is 53.0 Å². The van der Waals surface area contributed by atoms with Crippen LogP contribution >= 0.6 is 15.9 Å². The molecule has 0 aliphatic carbocycles. The molecular formula is C20H23BrN2O4S. The molecule has 0 unspecified atom stereocenters. The Bertz CT molecular complexity index is 906. The number of halogens is 1. The van der Waals surface area contributed by atoms with Crippen molar-refractivity contribution in [3.8, 4) is 5.75 Å². The van der Waals surface area contributed by atoms with Crippen LogP contribution in [0.4, 0.5) is 5.69 Å². The Hall–Kier alpha value is -1.90.